The smallest absolute Gasteiger partial charge is 0.324 e. The van der Waals surface area contributed by atoms with Crippen LogP contribution in [0.1, 0.15) is 31.1 Å². The van der Waals surface area contributed by atoms with Gasteiger partial charge in [-0.15, -0.1) is 11.3 Å². The zero-order valence-corrected chi connectivity index (χ0v) is 13.3. The lowest BCUT2D eigenvalue weighted by atomic mass is 10.1. The van der Waals surface area contributed by atoms with E-state index in [-0.39, 0.29) is 20.9 Å². The van der Waals surface area contributed by atoms with Crippen molar-refractivity contribution in [3.8, 4) is 0 Å². The monoisotopic (exact) mass is 351 g/mol. The molecule has 0 saturated carbocycles. The fourth-order valence-electron chi connectivity index (χ4n) is 2.12. The van der Waals surface area contributed by atoms with Crippen LogP contribution in [-0.4, -0.2) is 37.5 Å². The predicted octanol–water partition coefficient (Wildman–Crippen LogP) is 1.52. The van der Waals surface area contributed by atoms with E-state index in [0.29, 0.717) is 5.06 Å². The molecule has 0 aliphatic carbocycles. The first-order valence-corrected chi connectivity index (χ1v) is 9.05. The molecule has 1 aliphatic heterocycles. The van der Waals surface area contributed by atoms with E-state index >= 15 is 0 Å². The van der Waals surface area contributed by atoms with Crippen LogP contribution in [0, 0.1) is 0 Å². The summed E-state index contributed by atoms with van der Waals surface area (Å²) in [6.07, 6.45) is 0.956. The summed E-state index contributed by atoms with van der Waals surface area (Å²) in [6, 6.07) is 7.30. The van der Waals surface area contributed by atoms with Crippen LogP contribution >= 0.6 is 11.3 Å². The Bertz CT molecular complexity index is 909. The minimum Gasteiger partial charge on any atom is -0.324 e. The first kappa shape index (κ1) is 15.4. The summed E-state index contributed by atoms with van der Waals surface area (Å²) in [7, 11) is -3.62. The van der Waals surface area contributed by atoms with Crippen molar-refractivity contribution >= 4 is 39.0 Å². The van der Waals surface area contributed by atoms with Gasteiger partial charge in [-0.25, -0.2) is 13.2 Å². The van der Waals surface area contributed by atoms with Crippen LogP contribution in [0.25, 0.3) is 0 Å². The van der Waals surface area contributed by atoms with Crippen molar-refractivity contribution in [2.45, 2.75) is 4.21 Å². The molecule has 0 saturated heterocycles. The van der Waals surface area contributed by atoms with E-state index in [1.807, 2.05) is 0 Å². The molecule has 1 aliphatic rings. The largest absolute Gasteiger partial charge is 0.366 e. The second-order valence-corrected chi connectivity index (χ2v) is 7.85. The fraction of sp³-hybridized carbons (Fsp3) is 0.0714. The first-order chi connectivity index (χ1) is 10.8. The molecule has 0 fully saturated rings. The number of hydrogen-bond acceptors (Lipinski definition) is 7. The van der Waals surface area contributed by atoms with E-state index in [0.717, 1.165) is 17.6 Å². The van der Waals surface area contributed by atoms with Crippen molar-refractivity contribution in [1.82, 2.24) is 5.06 Å². The number of benzene rings is 1. The summed E-state index contributed by atoms with van der Waals surface area (Å²) in [5, 5.41) is 1.76. The Hall–Kier alpha value is -2.52. The lowest BCUT2D eigenvalue weighted by Crippen LogP contribution is -2.32. The van der Waals surface area contributed by atoms with Gasteiger partial charge in [-0.3, -0.25) is 9.59 Å². The van der Waals surface area contributed by atoms with Crippen LogP contribution in [0.3, 0.4) is 0 Å². The molecule has 0 atom stereocenters. The van der Waals surface area contributed by atoms with Crippen molar-refractivity contribution in [2.75, 3.05) is 6.26 Å². The number of hydroxylamine groups is 2. The quantitative estimate of drug-likeness (QED) is 0.778. The summed E-state index contributed by atoms with van der Waals surface area (Å²) >= 11 is 0.854. The maximum atomic E-state index is 12.1. The van der Waals surface area contributed by atoms with Crippen molar-refractivity contribution < 1.29 is 27.6 Å². The number of carbonyl (C=O) groups is 3. The molecule has 2 amide bonds. The van der Waals surface area contributed by atoms with Gasteiger partial charge in [-0.1, -0.05) is 17.2 Å². The molecule has 0 spiro atoms. The first-order valence-electron chi connectivity index (χ1n) is 6.28. The number of carbonyl (C=O) groups excluding carboxylic acids is 3. The molecule has 9 heteroatoms. The highest BCUT2D eigenvalue weighted by atomic mass is 32.2. The van der Waals surface area contributed by atoms with Crippen LogP contribution in [0.5, 0.6) is 0 Å². The molecule has 0 N–H and O–H groups in total. The Kier molecular flexibility index (Phi) is 3.53. The molecular weight excluding hydrogens is 342 g/mol. The Morgan fingerprint density at radius 2 is 1.65 bits per heavy atom. The van der Waals surface area contributed by atoms with E-state index in [1.165, 1.54) is 23.6 Å². The topological polar surface area (TPSA) is 97.8 Å². The van der Waals surface area contributed by atoms with E-state index in [2.05, 4.69) is 0 Å². The Morgan fingerprint density at radius 3 is 2.17 bits per heavy atom. The van der Waals surface area contributed by atoms with Crippen molar-refractivity contribution in [1.29, 1.82) is 0 Å². The van der Waals surface area contributed by atoms with Crippen LogP contribution in [0.15, 0.2) is 39.9 Å². The van der Waals surface area contributed by atoms with Gasteiger partial charge in [0.05, 0.1) is 16.7 Å². The second-order valence-electron chi connectivity index (χ2n) is 4.72. The Balaban J connectivity index is 1.90. The highest BCUT2D eigenvalue weighted by Gasteiger charge is 2.39. The molecule has 1 aromatic heterocycles. The molecule has 7 nitrogen and oxygen atoms in total. The van der Waals surface area contributed by atoms with Gasteiger partial charge in [0.1, 0.15) is 4.21 Å². The molecule has 2 heterocycles. The number of sulfone groups is 1. The molecule has 23 heavy (non-hydrogen) atoms. The van der Waals surface area contributed by atoms with E-state index in [1.54, 1.807) is 12.1 Å². The normalized spacial score (nSPS) is 14.0. The van der Waals surface area contributed by atoms with Gasteiger partial charge in [0.15, 0.2) is 9.84 Å². The molecule has 0 unspecified atom stereocenters. The van der Waals surface area contributed by atoms with E-state index in [9.17, 15) is 22.8 Å². The number of rotatable bonds is 3. The van der Waals surface area contributed by atoms with Crippen LogP contribution in [-0.2, 0) is 14.7 Å². The SMILES string of the molecule is CS(=O)(=O)c1sccc1C(=O)ON1C(=O)c2ccccc2C1=O. The maximum absolute atomic E-state index is 12.1. The van der Waals surface area contributed by atoms with Gasteiger partial charge >= 0.3 is 5.97 Å². The van der Waals surface area contributed by atoms with Gasteiger partial charge in [0.2, 0.25) is 0 Å². The number of hydrogen-bond donors (Lipinski definition) is 0. The highest BCUT2D eigenvalue weighted by molar-refractivity contribution is 7.92. The van der Waals surface area contributed by atoms with Gasteiger partial charge < -0.3 is 4.84 Å². The van der Waals surface area contributed by atoms with Crippen molar-refractivity contribution in [3.63, 3.8) is 0 Å². The molecule has 2 aromatic rings. The molecule has 118 valence electrons. The molecule has 0 radical (unpaired) electrons. The third-order valence-corrected chi connectivity index (χ3v) is 5.91. The number of thiophene rings is 1. The highest BCUT2D eigenvalue weighted by Crippen LogP contribution is 2.26. The van der Waals surface area contributed by atoms with Gasteiger partial charge in [-0.05, 0) is 23.6 Å². The molecule has 0 bridgehead atoms. The standard InChI is InChI=1S/C14H9NO6S2/c1-23(19,20)14-10(6-7-22-14)13(18)21-15-11(16)8-4-2-3-5-9(8)12(15)17/h2-7H,1H3. The molecule has 1 aromatic carbocycles. The van der Waals surface area contributed by atoms with Crippen LogP contribution in [0.2, 0.25) is 0 Å². The summed E-state index contributed by atoms with van der Waals surface area (Å²) in [5.74, 6) is -2.62. The minimum atomic E-state index is -3.62. The summed E-state index contributed by atoms with van der Waals surface area (Å²) in [5.41, 5.74) is 0.0342. The third-order valence-electron chi connectivity index (χ3n) is 3.12. The Morgan fingerprint density at radius 1 is 1.09 bits per heavy atom. The van der Waals surface area contributed by atoms with Crippen LogP contribution in [0.4, 0.5) is 0 Å². The zero-order chi connectivity index (χ0) is 16.8. The number of nitrogens with zero attached hydrogens (tertiary/aromatic N) is 1. The van der Waals surface area contributed by atoms with Gasteiger partial charge in [-0.2, -0.15) is 0 Å². The number of amides is 2. The third kappa shape index (κ3) is 2.53. The minimum absolute atomic E-state index is 0.124. The lowest BCUT2D eigenvalue weighted by Gasteiger charge is -2.12. The van der Waals surface area contributed by atoms with Gasteiger partial charge in [0.25, 0.3) is 11.8 Å². The van der Waals surface area contributed by atoms with Crippen molar-refractivity contribution in [3.05, 3.63) is 52.4 Å². The van der Waals surface area contributed by atoms with Crippen molar-refractivity contribution in [2.24, 2.45) is 0 Å². The Labute approximate surface area is 135 Å². The maximum Gasteiger partial charge on any atom is 0.366 e. The lowest BCUT2D eigenvalue weighted by molar-refractivity contribution is -0.0586. The summed E-state index contributed by atoms with van der Waals surface area (Å²) < 4.78 is 23.1. The predicted molar refractivity (Wildman–Crippen MR) is 79.8 cm³/mol. The average Bonchev–Trinajstić information content (AvgIpc) is 3.08. The fourth-order valence-corrected chi connectivity index (χ4v) is 4.14. The molecule has 3 rings (SSSR count). The summed E-state index contributed by atoms with van der Waals surface area (Å²) in [6.45, 7) is 0. The summed E-state index contributed by atoms with van der Waals surface area (Å²) in [4.78, 5) is 41.2. The zero-order valence-electron chi connectivity index (χ0n) is 11.7. The van der Waals surface area contributed by atoms with E-state index < -0.39 is 27.6 Å². The molecular formula is C14H9NO6S2. The number of imide groups is 1. The van der Waals surface area contributed by atoms with Crippen LogP contribution < -0.4 is 0 Å². The van der Waals surface area contributed by atoms with Gasteiger partial charge in [0, 0.05) is 6.26 Å². The van der Waals surface area contributed by atoms with E-state index in [4.69, 9.17) is 4.84 Å². The average molecular weight is 351 g/mol. The number of fused-ring (bicyclic) bond motifs is 1. The second kappa shape index (κ2) is 5.28.